The van der Waals surface area contributed by atoms with Crippen LogP contribution in [0.5, 0.6) is 0 Å². The van der Waals surface area contributed by atoms with Crippen molar-refractivity contribution in [2.45, 2.75) is 19.9 Å². The predicted octanol–water partition coefficient (Wildman–Crippen LogP) is 7.64. The van der Waals surface area contributed by atoms with Gasteiger partial charge in [-0.25, -0.2) is 0 Å². The van der Waals surface area contributed by atoms with Gasteiger partial charge in [0, 0.05) is 40.4 Å². The summed E-state index contributed by atoms with van der Waals surface area (Å²) in [4.78, 5) is 4.22. The van der Waals surface area contributed by atoms with Crippen LogP contribution in [0.25, 0.3) is 55.0 Å². The molecule has 40 heavy (non-hydrogen) atoms. The van der Waals surface area contributed by atoms with Crippen molar-refractivity contribution in [2.24, 2.45) is 0 Å². The van der Waals surface area contributed by atoms with Crippen molar-refractivity contribution in [3.05, 3.63) is 134 Å². The summed E-state index contributed by atoms with van der Waals surface area (Å²) in [5.74, 6) is 0. The number of aromatic nitrogens is 4. The quantitative estimate of drug-likeness (QED) is 0.138. The van der Waals surface area contributed by atoms with Gasteiger partial charge in [-0.2, -0.15) is 18.2 Å². The molecule has 0 aliphatic rings. The molecule has 0 saturated heterocycles. The smallest absolute Gasteiger partial charge is 0.363 e. The van der Waals surface area contributed by atoms with Gasteiger partial charge in [-0.1, -0.05) is 59.7 Å². The molecule has 0 saturated carbocycles. The SMILES string of the molecule is CC(C)[n+]1[c-]n(-c2[c-]cc3c(c2)c2cccc4c5ccccc5n3c24)cc1.[Ir+3].[c-]1ccccc1-c1ccccn1. The monoisotopic (exact) mass is 695 g/mol. The van der Waals surface area contributed by atoms with E-state index in [9.17, 15) is 0 Å². The zero-order chi connectivity index (χ0) is 26.3. The molecular weight excluding hydrogens is 669 g/mol. The number of benzene rings is 4. The molecule has 0 N–H and O–H groups in total. The van der Waals surface area contributed by atoms with Crippen molar-refractivity contribution in [3.63, 3.8) is 0 Å². The average Bonchev–Trinajstić information content (AvgIpc) is 3.71. The van der Waals surface area contributed by atoms with E-state index in [1.807, 2.05) is 53.2 Å². The first-order chi connectivity index (χ1) is 19.2. The minimum atomic E-state index is 0. The van der Waals surface area contributed by atoms with Crippen LogP contribution in [0.4, 0.5) is 0 Å². The number of pyridine rings is 1. The van der Waals surface area contributed by atoms with E-state index < -0.39 is 0 Å². The van der Waals surface area contributed by atoms with E-state index in [0.717, 1.165) is 16.9 Å². The molecule has 0 aliphatic heterocycles. The van der Waals surface area contributed by atoms with Gasteiger partial charge in [0.15, 0.2) is 0 Å². The Morgan fingerprint density at radius 2 is 1.55 bits per heavy atom. The maximum absolute atomic E-state index is 4.22. The van der Waals surface area contributed by atoms with E-state index in [1.54, 1.807) is 6.20 Å². The van der Waals surface area contributed by atoms with Crippen molar-refractivity contribution < 1.29 is 24.7 Å². The number of fused-ring (bicyclic) bond motifs is 6. The topological polar surface area (TPSA) is 26.1 Å². The summed E-state index contributed by atoms with van der Waals surface area (Å²) in [5, 5.41) is 5.16. The van der Waals surface area contributed by atoms with Crippen LogP contribution in [-0.2, 0) is 20.1 Å². The predicted molar refractivity (Wildman–Crippen MR) is 157 cm³/mol. The third kappa shape index (κ3) is 4.38. The number of imidazole rings is 1. The molecule has 5 heteroatoms. The van der Waals surface area contributed by atoms with Crippen LogP contribution in [0.3, 0.4) is 0 Å². The van der Waals surface area contributed by atoms with Crippen LogP contribution in [-0.4, -0.2) is 14.0 Å². The van der Waals surface area contributed by atoms with Gasteiger partial charge in [0.1, 0.15) is 0 Å². The summed E-state index contributed by atoms with van der Waals surface area (Å²) in [6.07, 6.45) is 9.28. The van der Waals surface area contributed by atoms with E-state index in [2.05, 4.69) is 107 Å². The summed E-state index contributed by atoms with van der Waals surface area (Å²) in [7, 11) is 0. The first-order valence-corrected chi connectivity index (χ1v) is 13.2. The number of hydrogen-bond acceptors (Lipinski definition) is 1. The minimum Gasteiger partial charge on any atom is -0.363 e. The number of para-hydroxylation sites is 2. The fraction of sp³-hybridized carbons (Fsp3) is 0.0857. The molecular formula is C35H26IrN4+. The zero-order valence-electron chi connectivity index (χ0n) is 22.2. The number of hydrogen-bond donors (Lipinski definition) is 0. The average molecular weight is 695 g/mol. The maximum Gasteiger partial charge on any atom is 3.00 e. The largest absolute Gasteiger partial charge is 3.00 e. The fourth-order valence-electron chi connectivity index (χ4n) is 5.32. The van der Waals surface area contributed by atoms with Gasteiger partial charge in [0.05, 0.1) is 6.04 Å². The van der Waals surface area contributed by atoms with Crippen LogP contribution < -0.4 is 4.57 Å². The molecule has 4 nitrogen and oxygen atoms in total. The van der Waals surface area contributed by atoms with Gasteiger partial charge < -0.3 is 18.5 Å². The van der Waals surface area contributed by atoms with Gasteiger partial charge in [-0.15, -0.1) is 41.3 Å². The van der Waals surface area contributed by atoms with Crippen molar-refractivity contribution in [1.82, 2.24) is 14.0 Å². The van der Waals surface area contributed by atoms with Gasteiger partial charge in [0.25, 0.3) is 0 Å². The van der Waals surface area contributed by atoms with Crippen LogP contribution in [0.15, 0.2) is 116 Å². The van der Waals surface area contributed by atoms with E-state index in [0.29, 0.717) is 6.04 Å². The molecule has 4 aromatic heterocycles. The molecule has 0 spiro atoms. The second kappa shape index (κ2) is 10.7. The molecule has 0 aliphatic carbocycles. The summed E-state index contributed by atoms with van der Waals surface area (Å²) in [6.45, 7) is 4.32. The first-order valence-electron chi connectivity index (χ1n) is 13.2. The Labute approximate surface area is 246 Å². The molecule has 8 aromatic rings. The van der Waals surface area contributed by atoms with E-state index >= 15 is 0 Å². The second-order valence-electron chi connectivity index (χ2n) is 9.93. The Balaban J connectivity index is 0.000000188. The summed E-state index contributed by atoms with van der Waals surface area (Å²) < 4.78 is 6.48. The number of rotatable bonds is 3. The molecule has 0 radical (unpaired) electrons. The molecule has 194 valence electrons. The maximum atomic E-state index is 4.22. The Morgan fingerprint density at radius 3 is 2.30 bits per heavy atom. The molecule has 0 amide bonds. The normalized spacial score (nSPS) is 11.3. The Kier molecular flexibility index (Phi) is 6.93. The number of nitrogens with zero attached hydrogens (tertiary/aromatic N) is 4. The molecule has 8 rings (SSSR count). The minimum absolute atomic E-state index is 0. The van der Waals surface area contributed by atoms with Crippen molar-refractivity contribution >= 4 is 38.1 Å². The Morgan fingerprint density at radius 1 is 0.775 bits per heavy atom. The Bertz CT molecular complexity index is 2000. The second-order valence-corrected chi connectivity index (χ2v) is 9.93. The summed E-state index contributed by atoms with van der Waals surface area (Å²) in [5.41, 5.74) is 6.78. The van der Waals surface area contributed by atoms with Crippen molar-refractivity contribution in [2.75, 3.05) is 0 Å². The van der Waals surface area contributed by atoms with Gasteiger partial charge in [-0.05, 0) is 37.1 Å². The van der Waals surface area contributed by atoms with E-state index in [-0.39, 0.29) is 20.1 Å². The van der Waals surface area contributed by atoms with Crippen molar-refractivity contribution in [1.29, 1.82) is 0 Å². The fourth-order valence-corrected chi connectivity index (χ4v) is 5.32. The standard InChI is InChI=1S/C24H18N3.C11H8N.Ir/c1-16(2)25-12-13-26(15-25)17-10-11-23-21(14-17)20-8-5-7-19-18-6-3-4-9-22(18)27(23)24(19)20;1-2-6-10(7-3-1)11-8-4-5-9-12-11;/h3-9,11-14,16H,1-2H3;1-6,8-9H;/q2*-1;+3. The Hall–Kier alpha value is -4.31. The molecule has 0 bridgehead atoms. The van der Waals surface area contributed by atoms with Crippen LogP contribution in [0, 0.1) is 18.5 Å². The van der Waals surface area contributed by atoms with Crippen LogP contribution in [0.2, 0.25) is 0 Å². The summed E-state index contributed by atoms with van der Waals surface area (Å²) in [6, 6.07) is 40.3. The van der Waals surface area contributed by atoms with Crippen molar-refractivity contribution in [3.8, 4) is 16.9 Å². The van der Waals surface area contributed by atoms with E-state index in [1.165, 1.54) is 38.1 Å². The molecule has 0 unspecified atom stereocenters. The molecule has 0 fully saturated rings. The van der Waals surface area contributed by atoms with Gasteiger partial charge in [0.2, 0.25) is 6.33 Å². The van der Waals surface area contributed by atoms with Crippen LogP contribution >= 0.6 is 0 Å². The molecule has 0 atom stereocenters. The summed E-state index contributed by atoms with van der Waals surface area (Å²) >= 11 is 0. The third-order valence-corrected chi connectivity index (χ3v) is 7.20. The first kappa shape index (κ1) is 25.9. The van der Waals surface area contributed by atoms with Crippen LogP contribution in [0.1, 0.15) is 19.9 Å². The van der Waals surface area contributed by atoms with Gasteiger partial charge >= 0.3 is 20.1 Å². The van der Waals surface area contributed by atoms with Gasteiger partial charge in [-0.3, -0.25) is 0 Å². The third-order valence-electron chi connectivity index (χ3n) is 7.20. The van der Waals surface area contributed by atoms with E-state index in [4.69, 9.17) is 0 Å². The molecule has 4 aromatic carbocycles. The zero-order valence-corrected chi connectivity index (χ0v) is 24.6. The molecule has 4 heterocycles.